The minimum atomic E-state index is 0. The third-order valence-corrected chi connectivity index (χ3v) is 8.44. The summed E-state index contributed by atoms with van der Waals surface area (Å²) in [6.45, 7) is 13.6. The lowest BCUT2D eigenvalue weighted by molar-refractivity contribution is -0.117. The van der Waals surface area contributed by atoms with E-state index in [1.54, 1.807) is 0 Å². The van der Waals surface area contributed by atoms with Crippen molar-refractivity contribution in [1.29, 1.82) is 0 Å². The summed E-state index contributed by atoms with van der Waals surface area (Å²) in [5.74, 6) is 4.05. The minimum Gasteiger partial charge on any atom is -0.295 e. The predicted octanol–water partition coefficient (Wildman–Crippen LogP) is 6.59. The highest BCUT2D eigenvalue weighted by atomic mass is 16.1. The van der Waals surface area contributed by atoms with E-state index < -0.39 is 0 Å². The summed E-state index contributed by atoms with van der Waals surface area (Å²) in [5.41, 5.74) is 2.47. The van der Waals surface area contributed by atoms with E-state index in [4.69, 9.17) is 0 Å². The van der Waals surface area contributed by atoms with Crippen LogP contribution in [0.3, 0.4) is 0 Å². The Labute approximate surface area is 150 Å². The first-order valence-corrected chi connectivity index (χ1v) is 9.69. The average Bonchev–Trinajstić information content (AvgIpc) is 2.86. The molecular weight excluding hydrogens is 292 g/mol. The number of hydrogen-bond donors (Lipinski definition) is 0. The smallest absolute Gasteiger partial charge is 0.155 e. The van der Waals surface area contributed by atoms with Gasteiger partial charge >= 0.3 is 0 Å². The molecule has 0 radical (unpaired) electrons. The molecule has 4 aliphatic carbocycles. The van der Waals surface area contributed by atoms with Crippen LogP contribution in [0.2, 0.25) is 0 Å². The SMILES string of the molecule is C.C=C.C[C@H]1CCC2C3CCC4=CC(=O)CC[C@]4(C)C3CC[C@@]21C. The van der Waals surface area contributed by atoms with E-state index in [2.05, 4.69) is 33.9 Å². The molecule has 0 heterocycles. The van der Waals surface area contributed by atoms with Crippen molar-refractivity contribution in [3.05, 3.63) is 24.8 Å². The van der Waals surface area contributed by atoms with Crippen molar-refractivity contribution in [2.24, 2.45) is 34.5 Å². The van der Waals surface area contributed by atoms with Crippen LogP contribution in [0.15, 0.2) is 24.8 Å². The second-order valence-electron chi connectivity index (χ2n) is 8.99. The number of allylic oxidation sites excluding steroid dienone is 1. The maximum atomic E-state index is 11.8. The van der Waals surface area contributed by atoms with E-state index in [9.17, 15) is 4.79 Å². The lowest BCUT2D eigenvalue weighted by Gasteiger charge is -2.58. The monoisotopic (exact) mass is 330 g/mol. The van der Waals surface area contributed by atoms with Gasteiger partial charge in [-0.05, 0) is 85.5 Å². The van der Waals surface area contributed by atoms with E-state index in [0.29, 0.717) is 16.6 Å². The molecule has 0 aromatic carbocycles. The Morgan fingerprint density at radius 2 is 1.71 bits per heavy atom. The zero-order valence-corrected chi connectivity index (χ0v) is 15.4. The van der Waals surface area contributed by atoms with Gasteiger partial charge in [-0.3, -0.25) is 4.79 Å². The fourth-order valence-electron chi connectivity index (χ4n) is 6.82. The fraction of sp³-hybridized carbons (Fsp3) is 0.783. The molecule has 4 rings (SSSR count). The largest absolute Gasteiger partial charge is 0.295 e. The van der Waals surface area contributed by atoms with Crippen LogP contribution in [0.1, 0.15) is 79.6 Å². The Balaban J connectivity index is 0.000000670. The van der Waals surface area contributed by atoms with Gasteiger partial charge in [0.2, 0.25) is 0 Å². The van der Waals surface area contributed by atoms with Gasteiger partial charge < -0.3 is 0 Å². The highest BCUT2D eigenvalue weighted by Crippen LogP contribution is 2.66. The van der Waals surface area contributed by atoms with Crippen LogP contribution in [-0.2, 0) is 4.79 Å². The minimum absolute atomic E-state index is 0. The van der Waals surface area contributed by atoms with Gasteiger partial charge in [0.15, 0.2) is 5.78 Å². The van der Waals surface area contributed by atoms with Crippen LogP contribution >= 0.6 is 0 Å². The molecule has 0 saturated heterocycles. The first-order valence-electron chi connectivity index (χ1n) is 9.69. The standard InChI is InChI=1S/C20H30O.C2H4.CH4/c1-13-4-7-17-16-6-5-14-12-15(21)8-10-20(14,3)18(16)9-11-19(13,17)2;1-2;/h12-13,16-18H,4-11H2,1-3H3;1-2H2;1H4/t13-,16?,17?,18?,19+,20-;;/m0../s1. The van der Waals surface area contributed by atoms with Crippen molar-refractivity contribution in [2.45, 2.75) is 79.6 Å². The molecule has 1 heteroatoms. The average molecular weight is 331 g/mol. The highest BCUT2D eigenvalue weighted by Gasteiger charge is 2.57. The summed E-state index contributed by atoms with van der Waals surface area (Å²) in [6, 6.07) is 0. The molecule has 0 bridgehead atoms. The van der Waals surface area contributed by atoms with Crippen LogP contribution < -0.4 is 0 Å². The van der Waals surface area contributed by atoms with Gasteiger partial charge in [-0.2, -0.15) is 0 Å². The van der Waals surface area contributed by atoms with Crippen molar-refractivity contribution in [3.63, 3.8) is 0 Å². The number of hydrogen-bond acceptors (Lipinski definition) is 1. The third-order valence-electron chi connectivity index (χ3n) is 8.44. The van der Waals surface area contributed by atoms with Crippen molar-refractivity contribution >= 4 is 5.78 Å². The molecule has 1 nitrogen and oxygen atoms in total. The normalized spacial score (nSPS) is 46.3. The Hall–Kier alpha value is -0.850. The van der Waals surface area contributed by atoms with Gasteiger partial charge in [0.1, 0.15) is 0 Å². The summed E-state index contributed by atoms with van der Waals surface area (Å²) in [5, 5.41) is 0. The van der Waals surface area contributed by atoms with E-state index in [1.807, 2.05) is 6.08 Å². The Kier molecular flexibility index (Phi) is 5.52. The lowest BCUT2D eigenvalue weighted by atomic mass is 9.47. The van der Waals surface area contributed by atoms with Crippen molar-refractivity contribution < 1.29 is 4.79 Å². The Morgan fingerprint density at radius 3 is 2.42 bits per heavy atom. The van der Waals surface area contributed by atoms with Gasteiger partial charge in [0.05, 0.1) is 0 Å². The summed E-state index contributed by atoms with van der Waals surface area (Å²) in [6.07, 6.45) is 12.2. The lowest BCUT2D eigenvalue weighted by Crippen LogP contribution is -2.50. The molecular formula is C23H38O. The predicted molar refractivity (Wildman–Crippen MR) is 104 cm³/mol. The molecule has 0 amide bonds. The molecule has 0 N–H and O–H groups in total. The summed E-state index contributed by atoms with van der Waals surface area (Å²) in [7, 11) is 0. The molecule has 0 aromatic heterocycles. The molecule has 0 aliphatic heterocycles. The summed E-state index contributed by atoms with van der Waals surface area (Å²) < 4.78 is 0. The maximum Gasteiger partial charge on any atom is 0.155 e. The number of ketones is 1. The molecule has 0 spiro atoms. The second kappa shape index (κ2) is 6.81. The van der Waals surface area contributed by atoms with Crippen molar-refractivity contribution in [3.8, 4) is 0 Å². The quantitative estimate of drug-likeness (QED) is 0.458. The van der Waals surface area contributed by atoms with Gasteiger partial charge in [0.25, 0.3) is 0 Å². The molecule has 136 valence electrons. The van der Waals surface area contributed by atoms with E-state index in [0.717, 1.165) is 36.5 Å². The van der Waals surface area contributed by atoms with Crippen LogP contribution in [0.25, 0.3) is 0 Å². The number of carbonyl (C=O) groups is 1. The maximum absolute atomic E-state index is 11.8. The zero-order chi connectivity index (χ0) is 16.8. The van der Waals surface area contributed by atoms with Crippen LogP contribution in [-0.4, -0.2) is 5.78 Å². The van der Waals surface area contributed by atoms with Crippen molar-refractivity contribution in [2.75, 3.05) is 0 Å². The summed E-state index contributed by atoms with van der Waals surface area (Å²) in [4.78, 5) is 11.8. The van der Waals surface area contributed by atoms with Crippen LogP contribution in [0.5, 0.6) is 0 Å². The Morgan fingerprint density at radius 1 is 1.00 bits per heavy atom. The molecule has 24 heavy (non-hydrogen) atoms. The van der Waals surface area contributed by atoms with Gasteiger partial charge in [-0.25, -0.2) is 0 Å². The van der Waals surface area contributed by atoms with Gasteiger partial charge in [0, 0.05) is 6.42 Å². The fourth-order valence-corrected chi connectivity index (χ4v) is 6.82. The van der Waals surface area contributed by atoms with E-state index in [-0.39, 0.29) is 7.43 Å². The summed E-state index contributed by atoms with van der Waals surface area (Å²) >= 11 is 0. The van der Waals surface area contributed by atoms with E-state index in [1.165, 1.54) is 44.1 Å². The molecule has 4 aliphatic rings. The van der Waals surface area contributed by atoms with Crippen molar-refractivity contribution in [1.82, 2.24) is 0 Å². The molecule has 6 atom stereocenters. The molecule has 3 fully saturated rings. The topological polar surface area (TPSA) is 17.1 Å². The molecule has 3 unspecified atom stereocenters. The van der Waals surface area contributed by atoms with Crippen LogP contribution in [0.4, 0.5) is 0 Å². The first kappa shape index (κ1) is 19.5. The first-order chi connectivity index (χ1) is 10.9. The van der Waals surface area contributed by atoms with Gasteiger partial charge in [-0.1, -0.05) is 33.8 Å². The number of rotatable bonds is 0. The van der Waals surface area contributed by atoms with E-state index >= 15 is 0 Å². The zero-order valence-electron chi connectivity index (χ0n) is 15.4. The Bertz CT molecular complexity index is 518. The second-order valence-corrected chi connectivity index (χ2v) is 8.99. The molecule has 0 aromatic rings. The van der Waals surface area contributed by atoms with Gasteiger partial charge in [-0.15, -0.1) is 13.2 Å². The number of fused-ring (bicyclic) bond motifs is 5. The highest BCUT2D eigenvalue weighted by molar-refractivity contribution is 5.91. The number of carbonyl (C=O) groups excluding carboxylic acids is 1. The molecule has 3 saturated carbocycles. The third kappa shape index (κ3) is 2.63. The van der Waals surface area contributed by atoms with Crippen LogP contribution in [0, 0.1) is 34.5 Å².